The summed E-state index contributed by atoms with van der Waals surface area (Å²) in [5.41, 5.74) is 3.10. The number of carbonyl (C=O) groups is 2. The zero-order chi connectivity index (χ0) is 21.3. The lowest BCUT2D eigenvalue weighted by Crippen LogP contribution is -2.36. The van der Waals surface area contributed by atoms with E-state index in [1.165, 1.54) is 11.1 Å². The summed E-state index contributed by atoms with van der Waals surface area (Å²) in [5.74, 6) is 0.307. The highest BCUT2D eigenvalue weighted by Crippen LogP contribution is 2.22. The van der Waals surface area contributed by atoms with Crippen LogP contribution >= 0.6 is 0 Å². The van der Waals surface area contributed by atoms with Gasteiger partial charge in [0.1, 0.15) is 5.75 Å². The van der Waals surface area contributed by atoms with E-state index >= 15 is 0 Å². The Labute approximate surface area is 173 Å². The molecular weight excluding hydrogens is 364 g/mol. The van der Waals surface area contributed by atoms with E-state index in [1.807, 2.05) is 48.5 Å². The molecule has 5 nitrogen and oxygen atoms in total. The van der Waals surface area contributed by atoms with Gasteiger partial charge in [0.05, 0.1) is 0 Å². The van der Waals surface area contributed by atoms with E-state index in [2.05, 4.69) is 38.3 Å². The average Bonchev–Trinajstić information content (AvgIpc) is 2.70. The first-order valence-corrected chi connectivity index (χ1v) is 10.2. The number of benzene rings is 2. The Kier molecular flexibility index (Phi) is 8.25. The quantitative estimate of drug-likeness (QED) is 0.633. The first-order valence-electron chi connectivity index (χ1n) is 10.2. The molecule has 2 aromatic carbocycles. The average molecular weight is 397 g/mol. The van der Waals surface area contributed by atoms with Gasteiger partial charge in [-0.2, -0.15) is 0 Å². The topological polar surface area (TPSA) is 67.4 Å². The monoisotopic (exact) mass is 396 g/mol. The molecule has 2 aromatic rings. The van der Waals surface area contributed by atoms with Crippen LogP contribution in [0.5, 0.6) is 5.75 Å². The molecule has 2 amide bonds. The van der Waals surface area contributed by atoms with Crippen LogP contribution in [0.4, 0.5) is 0 Å². The van der Waals surface area contributed by atoms with Crippen LogP contribution in [0.2, 0.25) is 0 Å². The highest BCUT2D eigenvalue weighted by molar-refractivity contribution is 5.94. The Morgan fingerprint density at radius 2 is 1.52 bits per heavy atom. The van der Waals surface area contributed by atoms with Crippen LogP contribution in [-0.2, 0) is 16.6 Å². The number of carbonyl (C=O) groups excluding carboxylic acids is 2. The van der Waals surface area contributed by atoms with Gasteiger partial charge in [-0.3, -0.25) is 9.59 Å². The standard InChI is InChI=1S/C24H32N2O3/c1-5-6-18-7-13-21(14-8-18)29-17-22(27)25-15-16-26-23(28)19-9-11-20(12-10-19)24(2,3)4/h7-14H,5-6,15-17H2,1-4H3,(H,25,27)(H,26,28). The van der Waals surface area contributed by atoms with Crippen LogP contribution < -0.4 is 15.4 Å². The highest BCUT2D eigenvalue weighted by atomic mass is 16.5. The molecule has 0 aliphatic rings. The van der Waals surface area contributed by atoms with E-state index < -0.39 is 0 Å². The predicted octanol–water partition coefficient (Wildman–Crippen LogP) is 3.86. The summed E-state index contributed by atoms with van der Waals surface area (Å²) in [4.78, 5) is 24.1. The van der Waals surface area contributed by atoms with E-state index in [4.69, 9.17) is 4.74 Å². The Morgan fingerprint density at radius 1 is 0.897 bits per heavy atom. The maximum absolute atomic E-state index is 12.2. The second-order valence-electron chi connectivity index (χ2n) is 8.12. The Hall–Kier alpha value is -2.82. The van der Waals surface area contributed by atoms with Gasteiger partial charge in [-0.15, -0.1) is 0 Å². The van der Waals surface area contributed by atoms with E-state index in [0.29, 0.717) is 24.4 Å². The lowest BCUT2D eigenvalue weighted by Gasteiger charge is -2.19. The van der Waals surface area contributed by atoms with Gasteiger partial charge in [0.15, 0.2) is 6.61 Å². The zero-order valence-corrected chi connectivity index (χ0v) is 17.9. The zero-order valence-electron chi connectivity index (χ0n) is 17.9. The molecule has 156 valence electrons. The maximum atomic E-state index is 12.2. The molecule has 0 aliphatic heterocycles. The van der Waals surface area contributed by atoms with Gasteiger partial charge in [-0.1, -0.05) is 58.4 Å². The third-order valence-corrected chi connectivity index (χ3v) is 4.58. The second kappa shape index (κ2) is 10.6. The van der Waals surface area contributed by atoms with Crippen molar-refractivity contribution in [2.45, 2.75) is 46.0 Å². The fourth-order valence-corrected chi connectivity index (χ4v) is 2.84. The number of rotatable bonds is 9. The Balaban J connectivity index is 1.66. The second-order valence-corrected chi connectivity index (χ2v) is 8.12. The van der Waals surface area contributed by atoms with Gasteiger partial charge >= 0.3 is 0 Å². The molecule has 0 aliphatic carbocycles. The minimum atomic E-state index is -0.216. The molecule has 2 rings (SSSR count). The molecule has 0 heterocycles. The van der Waals surface area contributed by atoms with Gasteiger partial charge in [0, 0.05) is 18.7 Å². The number of ether oxygens (including phenoxy) is 1. The third-order valence-electron chi connectivity index (χ3n) is 4.58. The number of aryl methyl sites for hydroxylation is 1. The van der Waals surface area contributed by atoms with Crippen molar-refractivity contribution in [1.29, 1.82) is 0 Å². The van der Waals surface area contributed by atoms with Gasteiger partial charge in [0.2, 0.25) is 0 Å². The van der Waals surface area contributed by atoms with Gasteiger partial charge < -0.3 is 15.4 Å². The van der Waals surface area contributed by atoms with Crippen molar-refractivity contribution < 1.29 is 14.3 Å². The van der Waals surface area contributed by atoms with Gasteiger partial charge in [-0.05, 0) is 47.2 Å². The van der Waals surface area contributed by atoms with Crippen LogP contribution in [0, 0.1) is 0 Å². The lowest BCUT2D eigenvalue weighted by atomic mass is 9.87. The summed E-state index contributed by atoms with van der Waals surface area (Å²) >= 11 is 0. The molecule has 0 fully saturated rings. The largest absolute Gasteiger partial charge is 0.484 e. The number of hydrogen-bond acceptors (Lipinski definition) is 3. The summed E-state index contributed by atoms with van der Waals surface area (Å²) in [7, 11) is 0. The maximum Gasteiger partial charge on any atom is 0.258 e. The van der Waals surface area contributed by atoms with Crippen molar-refractivity contribution in [1.82, 2.24) is 10.6 Å². The smallest absolute Gasteiger partial charge is 0.258 e. The fourth-order valence-electron chi connectivity index (χ4n) is 2.84. The minimum absolute atomic E-state index is 0.0463. The predicted molar refractivity (Wildman–Crippen MR) is 116 cm³/mol. The summed E-state index contributed by atoms with van der Waals surface area (Å²) < 4.78 is 5.49. The summed E-state index contributed by atoms with van der Waals surface area (Å²) in [6, 6.07) is 15.4. The molecule has 2 N–H and O–H groups in total. The highest BCUT2D eigenvalue weighted by Gasteiger charge is 2.14. The number of amides is 2. The van der Waals surface area contributed by atoms with Crippen molar-refractivity contribution >= 4 is 11.8 Å². The first-order chi connectivity index (χ1) is 13.8. The summed E-state index contributed by atoms with van der Waals surface area (Å²) in [5, 5.41) is 5.55. The normalized spacial score (nSPS) is 11.0. The molecule has 0 saturated heterocycles. The minimum Gasteiger partial charge on any atom is -0.484 e. The van der Waals surface area contributed by atoms with Gasteiger partial charge in [0.25, 0.3) is 11.8 Å². The third kappa shape index (κ3) is 7.60. The van der Waals surface area contributed by atoms with Crippen molar-refractivity contribution in [2.75, 3.05) is 19.7 Å². The molecule has 0 unspecified atom stereocenters. The van der Waals surface area contributed by atoms with Crippen LogP contribution in [0.25, 0.3) is 0 Å². The molecule has 0 aromatic heterocycles. The van der Waals surface area contributed by atoms with E-state index in [9.17, 15) is 9.59 Å². The first kappa shape index (κ1) is 22.5. The van der Waals surface area contributed by atoms with E-state index in [0.717, 1.165) is 12.8 Å². The van der Waals surface area contributed by atoms with Crippen molar-refractivity contribution in [3.8, 4) is 5.75 Å². The van der Waals surface area contributed by atoms with Crippen LogP contribution in [-0.4, -0.2) is 31.5 Å². The summed E-state index contributed by atoms with van der Waals surface area (Å²) in [6.07, 6.45) is 2.13. The van der Waals surface area contributed by atoms with Gasteiger partial charge in [-0.25, -0.2) is 0 Å². The fraction of sp³-hybridized carbons (Fsp3) is 0.417. The van der Waals surface area contributed by atoms with Crippen LogP contribution in [0.3, 0.4) is 0 Å². The van der Waals surface area contributed by atoms with Crippen LogP contribution in [0.15, 0.2) is 48.5 Å². The van der Waals surface area contributed by atoms with E-state index in [-0.39, 0.29) is 23.8 Å². The lowest BCUT2D eigenvalue weighted by molar-refractivity contribution is -0.123. The number of hydrogen-bond donors (Lipinski definition) is 2. The SMILES string of the molecule is CCCc1ccc(OCC(=O)NCCNC(=O)c2ccc(C(C)(C)C)cc2)cc1. The molecule has 0 saturated carbocycles. The molecule has 0 spiro atoms. The Bertz CT molecular complexity index is 790. The van der Waals surface area contributed by atoms with Crippen LogP contribution in [0.1, 0.15) is 55.6 Å². The molecule has 0 atom stereocenters. The number of nitrogens with one attached hydrogen (secondary N) is 2. The molecule has 0 bridgehead atoms. The van der Waals surface area contributed by atoms with Crippen molar-refractivity contribution in [2.24, 2.45) is 0 Å². The molecule has 29 heavy (non-hydrogen) atoms. The molecule has 5 heteroatoms. The molecule has 0 radical (unpaired) electrons. The Morgan fingerprint density at radius 3 is 2.10 bits per heavy atom. The van der Waals surface area contributed by atoms with Crippen molar-refractivity contribution in [3.05, 3.63) is 65.2 Å². The van der Waals surface area contributed by atoms with E-state index in [1.54, 1.807) is 0 Å². The molecular formula is C24H32N2O3. The van der Waals surface area contributed by atoms with Crippen molar-refractivity contribution in [3.63, 3.8) is 0 Å². The summed E-state index contributed by atoms with van der Waals surface area (Å²) in [6.45, 7) is 9.21.